The summed E-state index contributed by atoms with van der Waals surface area (Å²) in [4.78, 5) is 12.7. The number of hydrogen-bond donors (Lipinski definition) is 1. The molecule has 2 rings (SSSR count). The van der Waals surface area contributed by atoms with E-state index in [4.69, 9.17) is 0 Å². The summed E-state index contributed by atoms with van der Waals surface area (Å²) in [7, 11) is 0. The van der Waals surface area contributed by atoms with Crippen molar-refractivity contribution in [3.63, 3.8) is 0 Å². The van der Waals surface area contributed by atoms with E-state index in [9.17, 15) is 4.79 Å². The lowest BCUT2D eigenvalue weighted by Crippen LogP contribution is -2.10. The zero-order chi connectivity index (χ0) is 13.1. The monoisotopic (exact) mass is 323 g/mol. The van der Waals surface area contributed by atoms with Crippen LogP contribution in [0.3, 0.4) is 0 Å². The van der Waals surface area contributed by atoms with Gasteiger partial charge in [0.05, 0.1) is 8.66 Å². The van der Waals surface area contributed by atoms with Crippen molar-refractivity contribution < 1.29 is 4.79 Å². The van der Waals surface area contributed by atoms with E-state index in [0.717, 1.165) is 15.9 Å². The van der Waals surface area contributed by atoms with Gasteiger partial charge in [0.2, 0.25) is 0 Å². The molecule has 1 aromatic carbocycles. The zero-order valence-corrected chi connectivity index (χ0v) is 12.7. The van der Waals surface area contributed by atoms with Gasteiger partial charge >= 0.3 is 0 Å². The van der Waals surface area contributed by atoms with Gasteiger partial charge < -0.3 is 5.32 Å². The Morgan fingerprint density at radius 1 is 1.33 bits per heavy atom. The largest absolute Gasteiger partial charge is 0.321 e. The normalized spacial score (nSPS) is 10.4. The SMILES string of the molecule is CCc1ccc(NC(=O)c2ccc(Br)s2)cc1C. The van der Waals surface area contributed by atoms with Crippen LogP contribution in [0.15, 0.2) is 34.1 Å². The fourth-order valence-corrected chi connectivity index (χ4v) is 3.08. The molecule has 1 N–H and O–H groups in total. The second-order valence-electron chi connectivity index (χ2n) is 4.05. The van der Waals surface area contributed by atoms with E-state index in [0.29, 0.717) is 4.88 Å². The Hall–Kier alpha value is -1.13. The summed E-state index contributed by atoms with van der Waals surface area (Å²) in [5.74, 6) is -0.0608. The lowest BCUT2D eigenvalue weighted by molar-refractivity contribution is 0.103. The molecule has 18 heavy (non-hydrogen) atoms. The van der Waals surface area contributed by atoms with E-state index < -0.39 is 0 Å². The predicted molar refractivity (Wildman–Crippen MR) is 80.5 cm³/mol. The highest BCUT2D eigenvalue weighted by molar-refractivity contribution is 9.11. The second kappa shape index (κ2) is 5.67. The Labute approximate surface area is 119 Å². The first-order valence-electron chi connectivity index (χ1n) is 5.76. The fraction of sp³-hybridized carbons (Fsp3) is 0.214. The van der Waals surface area contributed by atoms with Crippen LogP contribution >= 0.6 is 27.3 Å². The molecule has 0 aliphatic carbocycles. The number of rotatable bonds is 3. The fourth-order valence-electron chi connectivity index (χ4n) is 1.80. The van der Waals surface area contributed by atoms with Crippen molar-refractivity contribution in [3.05, 3.63) is 50.1 Å². The van der Waals surface area contributed by atoms with Crippen LogP contribution in [-0.2, 0) is 6.42 Å². The third-order valence-corrected chi connectivity index (χ3v) is 4.40. The van der Waals surface area contributed by atoms with Crippen LogP contribution in [0.25, 0.3) is 0 Å². The van der Waals surface area contributed by atoms with Gasteiger partial charge in [-0.25, -0.2) is 0 Å². The standard InChI is InChI=1S/C14H14BrNOS/c1-3-10-4-5-11(8-9(10)2)16-14(17)12-6-7-13(15)18-12/h4-8H,3H2,1-2H3,(H,16,17). The number of anilines is 1. The molecule has 1 heterocycles. The Kier molecular flexibility index (Phi) is 4.19. The summed E-state index contributed by atoms with van der Waals surface area (Å²) in [5, 5.41) is 2.91. The molecule has 1 aromatic heterocycles. The first-order valence-corrected chi connectivity index (χ1v) is 7.37. The quantitative estimate of drug-likeness (QED) is 0.876. The molecule has 0 bridgehead atoms. The summed E-state index contributed by atoms with van der Waals surface area (Å²) >= 11 is 4.79. The molecule has 0 saturated carbocycles. The van der Waals surface area contributed by atoms with Gasteiger partial charge in [0.15, 0.2) is 0 Å². The highest BCUT2D eigenvalue weighted by atomic mass is 79.9. The lowest BCUT2D eigenvalue weighted by atomic mass is 10.1. The molecular formula is C14H14BrNOS. The van der Waals surface area contributed by atoms with Crippen molar-refractivity contribution in [2.24, 2.45) is 0 Å². The van der Waals surface area contributed by atoms with Crippen molar-refractivity contribution in [1.82, 2.24) is 0 Å². The number of thiophene rings is 1. The minimum absolute atomic E-state index is 0.0608. The number of carbonyl (C=O) groups excluding carboxylic acids is 1. The molecule has 0 fully saturated rings. The number of aryl methyl sites for hydroxylation is 2. The van der Waals surface area contributed by atoms with E-state index in [-0.39, 0.29) is 5.91 Å². The zero-order valence-electron chi connectivity index (χ0n) is 10.3. The average Bonchev–Trinajstić information content (AvgIpc) is 2.76. The van der Waals surface area contributed by atoms with Gasteiger partial charge in [0, 0.05) is 5.69 Å². The maximum Gasteiger partial charge on any atom is 0.265 e. The molecule has 0 radical (unpaired) electrons. The van der Waals surface area contributed by atoms with Gasteiger partial charge in [-0.2, -0.15) is 0 Å². The summed E-state index contributed by atoms with van der Waals surface area (Å²) in [6, 6.07) is 9.73. The van der Waals surface area contributed by atoms with E-state index in [1.165, 1.54) is 22.5 Å². The van der Waals surface area contributed by atoms with Crippen molar-refractivity contribution in [2.45, 2.75) is 20.3 Å². The van der Waals surface area contributed by atoms with Crippen molar-refractivity contribution in [3.8, 4) is 0 Å². The van der Waals surface area contributed by atoms with Crippen molar-refractivity contribution >= 4 is 38.9 Å². The second-order valence-corrected chi connectivity index (χ2v) is 6.52. The molecule has 0 atom stereocenters. The van der Waals surface area contributed by atoms with E-state index >= 15 is 0 Å². The molecule has 1 amide bonds. The summed E-state index contributed by atoms with van der Waals surface area (Å²) in [5.41, 5.74) is 3.37. The van der Waals surface area contributed by atoms with Gasteiger partial charge in [-0.1, -0.05) is 13.0 Å². The number of hydrogen-bond acceptors (Lipinski definition) is 2. The average molecular weight is 324 g/mol. The highest BCUT2D eigenvalue weighted by Crippen LogP contribution is 2.23. The van der Waals surface area contributed by atoms with Crippen LogP contribution in [0.2, 0.25) is 0 Å². The molecule has 0 aliphatic heterocycles. The topological polar surface area (TPSA) is 29.1 Å². The van der Waals surface area contributed by atoms with Crippen LogP contribution in [0, 0.1) is 6.92 Å². The molecule has 2 aromatic rings. The molecule has 0 saturated heterocycles. The lowest BCUT2D eigenvalue weighted by Gasteiger charge is -2.07. The summed E-state index contributed by atoms with van der Waals surface area (Å²) < 4.78 is 0.963. The Balaban J connectivity index is 2.14. The van der Waals surface area contributed by atoms with E-state index in [1.807, 2.05) is 24.3 Å². The van der Waals surface area contributed by atoms with E-state index in [1.54, 1.807) is 0 Å². The van der Waals surface area contributed by atoms with Crippen LogP contribution in [-0.4, -0.2) is 5.91 Å². The number of amides is 1. The smallest absolute Gasteiger partial charge is 0.265 e. The van der Waals surface area contributed by atoms with Gasteiger partial charge in [0.1, 0.15) is 0 Å². The number of nitrogens with one attached hydrogen (secondary N) is 1. The van der Waals surface area contributed by atoms with E-state index in [2.05, 4.69) is 41.2 Å². The van der Waals surface area contributed by atoms with Gasteiger partial charge in [-0.05, 0) is 64.7 Å². The van der Waals surface area contributed by atoms with Crippen LogP contribution in [0.5, 0.6) is 0 Å². The Morgan fingerprint density at radius 3 is 2.67 bits per heavy atom. The van der Waals surface area contributed by atoms with Crippen molar-refractivity contribution in [1.29, 1.82) is 0 Å². The maximum absolute atomic E-state index is 12.0. The third-order valence-electron chi connectivity index (χ3n) is 2.78. The number of carbonyl (C=O) groups is 1. The third kappa shape index (κ3) is 3.00. The Morgan fingerprint density at radius 2 is 2.11 bits per heavy atom. The predicted octanol–water partition coefficient (Wildman–Crippen LogP) is 4.63. The molecular weight excluding hydrogens is 310 g/mol. The first-order chi connectivity index (χ1) is 8.60. The van der Waals surface area contributed by atoms with Crippen LogP contribution < -0.4 is 5.32 Å². The molecule has 4 heteroatoms. The first kappa shape index (κ1) is 13.3. The molecule has 0 aliphatic rings. The minimum atomic E-state index is -0.0608. The molecule has 0 unspecified atom stereocenters. The summed E-state index contributed by atoms with van der Waals surface area (Å²) in [6.45, 7) is 4.19. The minimum Gasteiger partial charge on any atom is -0.321 e. The van der Waals surface area contributed by atoms with Crippen molar-refractivity contribution in [2.75, 3.05) is 5.32 Å². The molecule has 2 nitrogen and oxygen atoms in total. The maximum atomic E-state index is 12.0. The molecule has 0 spiro atoms. The van der Waals surface area contributed by atoms with Crippen LogP contribution in [0.1, 0.15) is 27.7 Å². The van der Waals surface area contributed by atoms with Gasteiger partial charge in [-0.15, -0.1) is 11.3 Å². The molecule has 94 valence electrons. The Bertz CT molecular complexity index is 577. The van der Waals surface area contributed by atoms with Gasteiger partial charge in [-0.3, -0.25) is 4.79 Å². The number of benzene rings is 1. The number of halogens is 1. The summed E-state index contributed by atoms with van der Waals surface area (Å²) in [6.07, 6.45) is 1.01. The van der Waals surface area contributed by atoms with Gasteiger partial charge in [0.25, 0.3) is 5.91 Å². The van der Waals surface area contributed by atoms with Crippen LogP contribution in [0.4, 0.5) is 5.69 Å². The highest BCUT2D eigenvalue weighted by Gasteiger charge is 2.09.